The van der Waals surface area contributed by atoms with Crippen LogP contribution < -0.4 is 5.32 Å². The van der Waals surface area contributed by atoms with Crippen molar-refractivity contribution in [2.45, 2.75) is 38.3 Å². The van der Waals surface area contributed by atoms with Gasteiger partial charge in [-0.25, -0.2) is 4.98 Å². The fraction of sp³-hybridized carbons (Fsp3) is 0.538. The molecule has 0 aromatic carbocycles. The molecule has 1 aromatic rings. The van der Waals surface area contributed by atoms with E-state index < -0.39 is 0 Å². The third-order valence-electron chi connectivity index (χ3n) is 3.27. The second kappa shape index (κ2) is 5.15. The molecule has 2 unspecified atom stereocenters. The highest BCUT2D eigenvalue weighted by Crippen LogP contribution is 2.24. The average molecular weight is 231 g/mol. The highest BCUT2D eigenvalue weighted by atomic mass is 16.5. The number of methoxy groups -OCH3 is 1. The van der Waals surface area contributed by atoms with Gasteiger partial charge in [0.05, 0.1) is 6.10 Å². The van der Waals surface area contributed by atoms with E-state index in [9.17, 15) is 0 Å². The van der Waals surface area contributed by atoms with E-state index in [0.717, 1.165) is 30.6 Å². The molecular weight excluding hydrogens is 214 g/mol. The Morgan fingerprint density at radius 1 is 1.47 bits per heavy atom. The van der Waals surface area contributed by atoms with Gasteiger partial charge in [0.2, 0.25) is 0 Å². The van der Waals surface area contributed by atoms with Crippen LogP contribution in [0.15, 0.2) is 12.1 Å². The molecule has 1 N–H and O–H groups in total. The van der Waals surface area contributed by atoms with E-state index >= 15 is 0 Å². The van der Waals surface area contributed by atoms with E-state index in [-0.39, 0.29) is 0 Å². The number of hydrogen-bond donors (Lipinski definition) is 1. The van der Waals surface area contributed by atoms with E-state index in [1.165, 1.54) is 0 Å². The van der Waals surface area contributed by atoms with Crippen LogP contribution in [0.5, 0.6) is 0 Å². The third kappa shape index (κ3) is 2.75. The number of anilines is 1. The first-order valence-electron chi connectivity index (χ1n) is 5.90. The maximum Gasteiger partial charge on any atom is 0.145 e. The summed E-state index contributed by atoms with van der Waals surface area (Å²) < 4.78 is 5.33. The van der Waals surface area contributed by atoms with Gasteiger partial charge >= 0.3 is 0 Å². The Kier molecular flexibility index (Phi) is 3.60. The molecule has 0 amide bonds. The average Bonchev–Trinajstić information content (AvgIpc) is 2.79. The third-order valence-corrected chi connectivity index (χ3v) is 3.27. The molecule has 1 aromatic heterocycles. The van der Waals surface area contributed by atoms with Crippen LogP contribution in [0.2, 0.25) is 0 Å². The number of pyridine rings is 1. The van der Waals surface area contributed by atoms with Crippen LogP contribution in [0, 0.1) is 18.3 Å². The maximum absolute atomic E-state index is 8.92. The van der Waals surface area contributed by atoms with Crippen LogP contribution in [-0.4, -0.2) is 24.2 Å². The summed E-state index contributed by atoms with van der Waals surface area (Å²) in [5.74, 6) is 0.786. The summed E-state index contributed by atoms with van der Waals surface area (Å²) in [6, 6.07) is 6.36. The molecule has 0 spiro atoms. The van der Waals surface area contributed by atoms with Crippen LogP contribution in [-0.2, 0) is 4.74 Å². The van der Waals surface area contributed by atoms with Gasteiger partial charge in [-0.15, -0.1) is 0 Å². The number of nitriles is 1. The predicted molar refractivity (Wildman–Crippen MR) is 65.7 cm³/mol. The van der Waals surface area contributed by atoms with Gasteiger partial charge in [0.25, 0.3) is 0 Å². The number of aryl methyl sites for hydroxylation is 1. The van der Waals surface area contributed by atoms with Gasteiger partial charge < -0.3 is 10.1 Å². The Labute approximate surface area is 102 Å². The standard InChI is InChI=1S/C13H17N3O/c1-9-3-6-13(16-12(9)8-14)15-10-4-5-11(7-10)17-2/h3,6,10-11H,4-5,7H2,1-2H3,(H,15,16). The Morgan fingerprint density at radius 2 is 2.29 bits per heavy atom. The molecule has 0 saturated heterocycles. The second-order valence-corrected chi connectivity index (χ2v) is 4.49. The molecule has 2 rings (SSSR count). The van der Waals surface area contributed by atoms with Gasteiger partial charge in [-0.3, -0.25) is 0 Å². The highest BCUT2D eigenvalue weighted by Gasteiger charge is 2.24. The maximum atomic E-state index is 8.92. The Hall–Kier alpha value is -1.60. The van der Waals surface area contributed by atoms with E-state index in [2.05, 4.69) is 16.4 Å². The zero-order valence-electron chi connectivity index (χ0n) is 10.2. The minimum atomic E-state index is 0.355. The number of nitrogens with one attached hydrogen (secondary N) is 1. The fourth-order valence-corrected chi connectivity index (χ4v) is 2.22. The summed E-state index contributed by atoms with van der Waals surface area (Å²) in [4.78, 5) is 4.29. The van der Waals surface area contributed by atoms with Crippen molar-refractivity contribution in [3.05, 3.63) is 23.4 Å². The van der Waals surface area contributed by atoms with Gasteiger partial charge in [-0.1, -0.05) is 6.07 Å². The zero-order valence-corrected chi connectivity index (χ0v) is 10.2. The molecule has 1 aliphatic carbocycles. The smallest absolute Gasteiger partial charge is 0.145 e. The quantitative estimate of drug-likeness (QED) is 0.866. The van der Waals surface area contributed by atoms with Crippen molar-refractivity contribution >= 4 is 5.82 Å². The second-order valence-electron chi connectivity index (χ2n) is 4.49. The van der Waals surface area contributed by atoms with E-state index in [1.807, 2.05) is 19.1 Å². The van der Waals surface area contributed by atoms with Crippen molar-refractivity contribution in [3.63, 3.8) is 0 Å². The van der Waals surface area contributed by atoms with E-state index in [1.54, 1.807) is 7.11 Å². The van der Waals surface area contributed by atoms with Gasteiger partial charge in [0, 0.05) is 13.2 Å². The number of rotatable bonds is 3. The number of hydrogen-bond acceptors (Lipinski definition) is 4. The number of aromatic nitrogens is 1. The summed E-state index contributed by atoms with van der Waals surface area (Å²) in [5.41, 5.74) is 1.41. The Bertz CT molecular complexity index is 439. The minimum absolute atomic E-state index is 0.355. The largest absolute Gasteiger partial charge is 0.381 e. The SMILES string of the molecule is COC1CCC(Nc2ccc(C)c(C#N)n2)C1. The summed E-state index contributed by atoms with van der Waals surface area (Å²) >= 11 is 0. The van der Waals surface area contributed by atoms with Crippen molar-refractivity contribution in [1.29, 1.82) is 5.26 Å². The molecule has 0 radical (unpaired) electrons. The predicted octanol–water partition coefficient (Wildman–Crippen LogP) is 2.24. The summed E-state index contributed by atoms with van der Waals surface area (Å²) in [6.07, 6.45) is 3.54. The molecule has 4 nitrogen and oxygen atoms in total. The topological polar surface area (TPSA) is 57.9 Å². The van der Waals surface area contributed by atoms with E-state index in [4.69, 9.17) is 10.00 Å². The van der Waals surface area contributed by atoms with Crippen molar-refractivity contribution in [3.8, 4) is 6.07 Å². The first-order valence-corrected chi connectivity index (χ1v) is 5.90. The van der Waals surface area contributed by atoms with Gasteiger partial charge in [-0.2, -0.15) is 5.26 Å². The molecule has 0 bridgehead atoms. The minimum Gasteiger partial charge on any atom is -0.381 e. The van der Waals surface area contributed by atoms with Crippen molar-refractivity contribution in [2.75, 3.05) is 12.4 Å². The van der Waals surface area contributed by atoms with Crippen molar-refractivity contribution in [2.24, 2.45) is 0 Å². The lowest BCUT2D eigenvalue weighted by Gasteiger charge is -2.13. The highest BCUT2D eigenvalue weighted by molar-refractivity contribution is 5.43. The molecule has 17 heavy (non-hydrogen) atoms. The molecule has 1 aliphatic rings. The van der Waals surface area contributed by atoms with Crippen LogP contribution in [0.25, 0.3) is 0 Å². The first kappa shape index (κ1) is 11.9. The van der Waals surface area contributed by atoms with Gasteiger partial charge in [0.1, 0.15) is 17.6 Å². The molecule has 4 heteroatoms. The zero-order chi connectivity index (χ0) is 12.3. The summed E-state index contributed by atoms with van der Waals surface area (Å²) in [5, 5.41) is 12.3. The molecular formula is C13H17N3O. The van der Waals surface area contributed by atoms with Crippen LogP contribution >= 0.6 is 0 Å². The van der Waals surface area contributed by atoms with Crippen molar-refractivity contribution in [1.82, 2.24) is 4.98 Å². The fourth-order valence-electron chi connectivity index (χ4n) is 2.22. The van der Waals surface area contributed by atoms with Gasteiger partial charge in [-0.05, 0) is 37.8 Å². The van der Waals surface area contributed by atoms with Crippen LogP contribution in [0.1, 0.15) is 30.5 Å². The monoisotopic (exact) mass is 231 g/mol. The summed E-state index contributed by atoms with van der Waals surface area (Å²) in [6.45, 7) is 1.89. The van der Waals surface area contributed by atoms with Crippen LogP contribution in [0.4, 0.5) is 5.82 Å². The molecule has 1 saturated carbocycles. The van der Waals surface area contributed by atoms with Crippen LogP contribution in [0.3, 0.4) is 0 Å². The normalized spacial score (nSPS) is 23.4. The first-order chi connectivity index (χ1) is 8.22. The lowest BCUT2D eigenvalue weighted by atomic mass is 10.2. The number of ether oxygens (including phenoxy) is 1. The molecule has 2 atom stereocenters. The lowest BCUT2D eigenvalue weighted by Crippen LogP contribution is -2.18. The Morgan fingerprint density at radius 3 is 2.94 bits per heavy atom. The number of nitrogens with zero attached hydrogens (tertiary/aromatic N) is 2. The van der Waals surface area contributed by atoms with E-state index in [0.29, 0.717) is 17.8 Å². The molecule has 1 fully saturated rings. The van der Waals surface area contributed by atoms with Crippen molar-refractivity contribution < 1.29 is 4.74 Å². The molecule has 0 aliphatic heterocycles. The molecule has 1 heterocycles. The van der Waals surface area contributed by atoms with Gasteiger partial charge in [0.15, 0.2) is 0 Å². The molecule has 90 valence electrons. The summed E-state index contributed by atoms with van der Waals surface area (Å²) in [7, 11) is 1.75. The lowest BCUT2D eigenvalue weighted by molar-refractivity contribution is 0.108. The Balaban J connectivity index is 2.02.